The van der Waals surface area contributed by atoms with Crippen molar-refractivity contribution in [2.45, 2.75) is 16.7 Å². The summed E-state index contributed by atoms with van der Waals surface area (Å²) in [5, 5.41) is 2.97. The second kappa shape index (κ2) is 9.01. The van der Waals surface area contributed by atoms with Crippen LogP contribution in [0, 0.1) is 13.3 Å². The first-order valence-electron chi connectivity index (χ1n) is 12.9. The number of para-hydroxylation sites is 3. The van der Waals surface area contributed by atoms with Gasteiger partial charge in [-0.1, -0.05) is 42.1 Å². The third kappa shape index (κ3) is 3.64. The number of benzene rings is 4. The van der Waals surface area contributed by atoms with E-state index in [9.17, 15) is 0 Å². The van der Waals surface area contributed by atoms with Crippen molar-refractivity contribution >= 4 is 56.7 Å². The zero-order valence-corrected chi connectivity index (χ0v) is 23.4. The monoisotopic (exact) mass is 557 g/mol. The van der Waals surface area contributed by atoms with E-state index in [1.165, 1.54) is 9.79 Å². The number of hydrogen-bond donors (Lipinski definition) is 0. The second-order valence-electron chi connectivity index (χ2n) is 9.75. The van der Waals surface area contributed by atoms with E-state index in [1.807, 2.05) is 41.4 Å². The number of rotatable bonds is 3. The largest absolute Gasteiger partial charge is 0.453 e. The third-order valence-corrected chi connectivity index (χ3v) is 9.02. The Morgan fingerprint density at radius 2 is 1.52 bits per heavy atom. The fourth-order valence-corrected chi connectivity index (χ4v) is 7.15. The molecule has 0 aliphatic carbocycles. The van der Waals surface area contributed by atoms with Gasteiger partial charge in [-0.05, 0) is 61.5 Å². The molecule has 0 spiro atoms. The van der Waals surface area contributed by atoms with Crippen LogP contribution in [0.1, 0.15) is 5.69 Å². The smallest absolute Gasteiger partial charge is 0.243 e. The molecule has 2 aliphatic rings. The quantitative estimate of drug-likeness (QED) is 0.161. The van der Waals surface area contributed by atoms with Gasteiger partial charge >= 0.3 is 0 Å². The molecule has 8 heteroatoms. The SMILES string of the molecule is Cc1c[n+](C)[c-]n1-c1ccc2c(c1)N(c1ccc3c(c1)N(c1nccs1)c1ccccc1S3)c1ccccc1O2. The molecule has 2 aliphatic heterocycles. The van der Waals surface area contributed by atoms with Crippen LogP contribution in [0.25, 0.3) is 5.69 Å². The van der Waals surface area contributed by atoms with Gasteiger partial charge in [-0.2, -0.15) is 0 Å². The first-order valence-corrected chi connectivity index (χ1v) is 14.6. The molecule has 8 rings (SSSR count). The van der Waals surface area contributed by atoms with Crippen molar-refractivity contribution in [2.75, 3.05) is 9.80 Å². The topological polar surface area (TPSA) is 37.4 Å². The van der Waals surface area contributed by atoms with E-state index < -0.39 is 0 Å². The highest BCUT2D eigenvalue weighted by atomic mass is 32.2. The minimum absolute atomic E-state index is 0.811. The number of hydrogen-bond acceptors (Lipinski definition) is 6. The maximum Gasteiger partial charge on any atom is 0.243 e. The van der Waals surface area contributed by atoms with Gasteiger partial charge < -0.3 is 18.8 Å². The lowest BCUT2D eigenvalue weighted by Crippen LogP contribution is -2.24. The van der Waals surface area contributed by atoms with E-state index in [0.717, 1.165) is 56.4 Å². The predicted octanol–water partition coefficient (Wildman–Crippen LogP) is 8.38. The fourth-order valence-electron chi connectivity index (χ4n) is 5.44. The molecule has 40 heavy (non-hydrogen) atoms. The summed E-state index contributed by atoms with van der Waals surface area (Å²) < 4.78 is 10.4. The lowest BCUT2D eigenvalue weighted by Gasteiger charge is -2.35. The molecule has 0 fully saturated rings. The molecule has 0 saturated carbocycles. The van der Waals surface area contributed by atoms with Gasteiger partial charge in [-0.25, -0.2) is 4.98 Å². The number of thiazole rings is 1. The summed E-state index contributed by atoms with van der Waals surface area (Å²) in [7, 11) is 1.99. The first kappa shape index (κ1) is 23.4. The number of ether oxygens (including phenoxy) is 1. The zero-order valence-electron chi connectivity index (χ0n) is 21.8. The Bertz CT molecular complexity index is 1910. The van der Waals surface area contributed by atoms with Crippen molar-refractivity contribution in [1.29, 1.82) is 0 Å². The van der Waals surface area contributed by atoms with Crippen molar-refractivity contribution in [3.63, 3.8) is 0 Å². The lowest BCUT2D eigenvalue weighted by atomic mass is 10.1. The zero-order chi connectivity index (χ0) is 26.8. The molecule has 0 atom stereocenters. The van der Waals surface area contributed by atoms with Crippen LogP contribution >= 0.6 is 23.1 Å². The van der Waals surface area contributed by atoms with Crippen LogP contribution in [0.15, 0.2) is 112 Å². The van der Waals surface area contributed by atoms with E-state index in [1.54, 1.807) is 23.1 Å². The normalized spacial score (nSPS) is 13.2. The number of aryl methyl sites for hydroxylation is 2. The number of imidazole rings is 1. The van der Waals surface area contributed by atoms with E-state index in [0.29, 0.717) is 0 Å². The van der Waals surface area contributed by atoms with Crippen LogP contribution < -0.4 is 19.1 Å². The molecule has 4 heterocycles. The van der Waals surface area contributed by atoms with E-state index in [-0.39, 0.29) is 0 Å². The summed E-state index contributed by atoms with van der Waals surface area (Å²) in [5.41, 5.74) is 7.41. The van der Waals surface area contributed by atoms with Gasteiger partial charge in [-0.15, -0.1) is 11.3 Å². The number of nitrogens with zero attached hydrogens (tertiary/aromatic N) is 5. The van der Waals surface area contributed by atoms with E-state index in [2.05, 4.69) is 101 Å². The minimum atomic E-state index is 0.811. The highest BCUT2D eigenvalue weighted by Gasteiger charge is 2.30. The van der Waals surface area contributed by atoms with Crippen LogP contribution in [-0.4, -0.2) is 9.55 Å². The molecule has 194 valence electrons. The maximum atomic E-state index is 6.41. The molecule has 0 amide bonds. The molecule has 6 aromatic rings. The van der Waals surface area contributed by atoms with Gasteiger partial charge in [-0.3, -0.25) is 4.90 Å². The Balaban J connectivity index is 1.32. The average Bonchev–Trinajstić information content (AvgIpc) is 3.63. The molecular weight excluding hydrogens is 535 g/mol. The summed E-state index contributed by atoms with van der Waals surface area (Å²) in [6, 6.07) is 29.7. The Morgan fingerprint density at radius 3 is 2.35 bits per heavy atom. The third-order valence-electron chi connectivity index (χ3n) is 7.14. The van der Waals surface area contributed by atoms with Gasteiger partial charge in [0.15, 0.2) is 10.9 Å². The number of anilines is 6. The van der Waals surface area contributed by atoms with Gasteiger partial charge in [0.2, 0.25) is 6.33 Å². The van der Waals surface area contributed by atoms with Crippen molar-refractivity contribution in [3.05, 3.63) is 115 Å². The van der Waals surface area contributed by atoms with E-state index in [4.69, 9.17) is 9.72 Å². The van der Waals surface area contributed by atoms with Crippen molar-refractivity contribution < 1.29 is 9.30 Å². The molecule has 4 aromatic carbocycles. The molecular formula is C32H23N5OS2. The van der Waals surface area contributed by atoms with Crippen LogP contribution in [0.4, 0.5) is 33.6 Å². The number of aromatic nitrogens is 3. The minimum Gasteiger partial charge on any atom is -0.453 e. The van der Waals surface area contributed by atoms with Gasteiger partial charge in [0, 0.05) is 38.9 Å². The maximum absolute atomic E-state index is 6.41. The Kier molecular flexibility index (Phi) is 5.26. The fraction of sp³-hybridized carbons (Fsp3) is 0.0625. The molecule has 2 aromatic heterocycles. The molecule has 0 saturated heterocycles. The van der Waals surface area contributed by atoms with Crippen LogP contribution in [0.5, 0.6) is 11.5 Å². The Morgan fingerprint density at radius 1 is 0.775 bits per heavy atom. The summed E-state index contributed by atoms with van der Waals surface area (Å²) >= 11 is 3.44. The van der Waals surface area contributed by atoms with Crippen molar-refractivity contribution in [1.82, 2.24) is 9.55 Å². The molecule has 0 N–H and O–H groups in total. The van der Waals surface area contributed by atoms with Crippen LogP contribution in [0.3, 0.4) is 0 Å². The standard InChI is InChI=1S/C32H23N5OS2/c1-21-19-34(2)20-35(21)22-11-13-29-26(17-22)36(24-7-3-5-9-28(24)38-29)23-12-14-31-27(18-23)37(32-33-15-16-39-32)25-8-4-6-10-30(25)40-31/h3-19H,1-2H3. The first-order chi connectivity index (χ1) is 19.6. The molecule has 0 unspecified atom stereocenters. The van der Waals surface area contributed by atoms with Crippen molar-refractivity contribution in [2.24, 2.45) is 7.05 Å². The second-order valence-corrected chi connectivity index (χ2v) is 11.7. The van der Waals surface area contributed by atoms with Crippen molar-refractivity contribution in [3.8, 4) is 17.2 Å². The van der Waals surface area contributed by atoms with Crippen LogP contribution in [0.2, 0.25) is 0 Å². The molecule has 0 radical (unpaired) electrons. The molecule has 6 nitrogen and oxygen atoms in total. The van der Waals surface area contributed by atoms with Gasteiger partial charge in [0.05, 0.1) is 35.5 Å². The summed E-state index contributed by atoms with van der Waals surface area (Å²) in [6.45, 7) is 2.09. The highest BCUT2D eigenvalue weighted by molar-refractivity contribution is 7.99. The number of fused-ring (bicyclic) bond motifs is 4. The Hall–Kier alpha value is -4.53. The lowest BCUT2D eigenvalue weighted by molar-refractivity contribution is -0.675. The predicted molar refractivity (Wildman–Crippen MR) is 160 cm³/mol. The van der Waals surface area contributed by atoms with Gasteiger partial charge in [0.1, 0.15) is 5.75 Å². The Labute approximate surface area is 240 Å². The summed E-state index contributed by atoms with van der Waals surface area (Å²) in [6.07, 6.45) is 7.30. The summed E-state index contributed by atoms with van der Waals surface area (Å²) in [4.78, 5) is 11.7. The van der Waals surface area contributed by atoms with Gasteiger partial charge in [0.25, 0.3) is 0 Å². The molecule has 0 bridgehead atoms. The van der Waals surface area contributed by atoms with E-state index >= 15 is 0 Å². The highest BCUT2D eigenvalue weighted by Crippen LogP contribution is 2.55. The average molecular weight is 558 g/mol. The van der Waals surface area contributed by atoms with Crippen LogP contribution in [-0.2, 0) is 7.05 Å². The summed E-state index contributed by atoms with van der Waals surface area (Å²) in [5.74, 6) is 1.64.